The quantitative estimate of drug-likeness (QED) is 0.694. The Hall–Kier alpha value is -2.82. The molecule has 27 heavy (non-hydrogen) atoms. The van der Waals surface area contributed by atoms with Crippen LogP contribution in [0.2, 0.25) is 0 Å². The molecule has 2 amide bonds. The van der Waals surface area contributed by atoms with Crippen LogP contribution in [0.25, 0.3) is 0 Å². The van der Waals surface area contributed by atoms with E-state index in [1.807, 2.05) is 12.1 Å². The van der Waals surface area contributed by atoms with Crippen LogP contribution in [0.5, 0.6) is 5.75 Å². The molecular weight excluding hydrogens is 340 g/mol. The molecule has 0 saturated carbocycles. The number of rotatable bonds is 7. The van der Waals surface area contributed by atoms with Crippen molar-refractivity contribution >= 4 is 23.2 Å². The third-order valence-corrected chi connectivity index (χ3v) is 4.03. The summed E-state index contributed by atoms with van der Waals surface area (Å²) in [5.74, 6) is 0.630. The van der Waals surface area contributed by atoms with Gasteiger partial charge in [-0.3, -0.25) is 9.59 Å². The fraction of sp³-hybridized carbons (Fsp3) is 0.364. The van der Waals surface area contributed by atoms with Crippen molar-refractivity contribution in [2.24, 2.45) is 0 Å². The number of nitrogens with one attached hydrogen (secondary N) is 2. The van der Waals surface area contributed by atoms with Gasteiger partial charge in [0.05, 0.1) is 6.61 Å². The van der Waals surface area contributed by atoms with Crippen molar-refractivity contribution in [3.05, 3.63) is 54.1 Å². The zero-order chi connectivity index (χ0) is 19.9. The van der Waals surface area contributed by atoms with Crippen LogP contribution in [0.4, 0.5) is 11.4 Å². The molecular formula is C22H28N2O3. The summed E-state index contributed by atoms with van der Waals surface area (Å²) in [5, 5.41) is 5.52. The largest absolute Gasteiger partial charge is 0.494 e. The van der Waals surface area contributed by atoms with E-state index >= 15 is 0 Å². The van der Waals surface area contributed by atoms with Gasteiger partial charge < -0.3 is 15.4 Å². The molecule has 2 aromatic carbocycles. The van der Waals surface area contributed by atoms with Gasteiger partial charge in [-0.25, -0.2) is 0 Å². The van der Waals surface area contributed by atoms with Crippen LogP contribution in [0.1, 0.15) is 46.1 Å². The van der Waals surface area contributed by atoms with Gasteiger partial charge in [-0.2, -0.15) is 0 Å². The first-order valence-electron chi connectivity index (χ1n) is 9.15. The van der Waals surface area contributed by atoms with E-state index in [0.717, 1.165) is 5.75 Å². The summed E-state index contributed by atoms with van der Waals surface area (Å²) in [6, 6.07) is 15.1. The van der Waals surface area contributed by atoms with Crippen LogP contribution in [0, 0.1) is 0 Å². The van der Waals surface area contributed by atoms with Gasteiger partial charge in [-0.1, -0.05) is 32.9 Å². The van der Waals surface area contributed by atoms with Crippen molar-refractivity contribution in [1.29, 1.82) is 0 Å². The molecule has 0 heterocycles. The van der Waals surface area contributed by atoms with Gasteiger partial charge in [0.25, 0.3) is 0 Å². The van der Waals surface area contributed by atoms with Crippen molar-refractivity contribution in [3.8, 4) is 5.75 Å². The van der Waals surface area contributed by atoms with Crippen LogP contribution in [-0.2, 0) is 15.0 Å². The zero-order valence-electron chi connectivity index (χ0n) is 16.5. The van der Waals surface area contributed by atoms with Gasteiger partial charge in [0, 0.05) is 24.7 Å². The van der Waals surface area contributed by atoms with E-state index in [1.165, 1.54) is 12.5 Å². The number of carbonyl (C=O) groups excluding carboxylic acids is 2. The lowest BCUT2D eigenvalue weighted by Crippen LogP contribution is -2.13. The first-order valence-corrected chi connectivity index (χ1v) is 9.15. The van der Waals surface area contributed by atoms with E-state index in [2.05, 4.69) is 43.5 Å². The molecule has 2 aromatic rings. The van der Waals surface area contributed by atoms with Crippen molar-refractivity contribution in [3.63, 3.8) is 0 Å². The average Bonchev–Trinajstić information content (AvgIpc) is 2.60. The minimum absolute atomic E-state index is 0.0612. The standard InChI is InChI=1S/C22H28N2O3/c1-16(25)23-18-9-11-19(12-10-18)24-21(26)6-5-15-27-20-13-7-17(8-14-20)22(2,3)4/h7-14H,5-6,15H2,1-4H3,(H,23,25)(H,24,26). The maximum absolute atomic E-state index is 12.0. The molecule has 0 fully saturated rings. The van der Waals surface area contributed by atoms with Gasteiger partial charge >= 0.3 is 0 Å². The van der Waals surface area contributed by atoms with Gasteiger partial charge in [0.1, 0.15) is 5.75 Å². The van der Waals surface area contributed by atoms with E-state index in [4.69, 9.17) is 4.74 Å². The lowest BCUT2D eigenvalue weighted by Gasteiger charge is -2.19. The van der Waals surface area contributed by atoms with Crippen LogP contribution < -0.4 is 15.4 Å². The number of ether oxygens (including phenoxy) is 1. The molecule has 0 unspecified atom stereocenters. The fourth-order valence-corrected chi connectivity index (χ4v) is 2.54. The molecule has 0 bridgehead atoms. The second kappa shape index (κ2) is 9.21. The summed E-state index contributed by atoms with van der Waals surface area (Å²) in [5.41, 5.74) is 2.79. The summed E-state index contributed by atoms with van der Waals surface area (Å²) in [6.45, 7) is 8.47. The Balaban J connectivity index is 1.71. The van der Waals surface area contributed by atoms with E-state index < -0.39 is 0 Å². The second-order valence-corrected chi connectivity index (χ2v) is 7.53. The van der Waals surface area contributed by atoms with Gasteiger partial charge in [0.2, 0.25) is 11.8 Å². The van der Waals surface area contributed by atoms with Crippen molar-refractivity contribution in [1.82, 2.24) is 0 Å². The Labute approximate surface area is 161 Å². The normalized spacial score (nSPS) is 11.0. The van der Waals surface area contributed by atoms with Gasteiger partial charge in [-0.05, 0) is 53.8 Å². The lowest BCUT2D eigenvalue weighted by molar-refractivity contribution is -0.116. The second-order valence-electron chi connectivity index (χ2n) is 7.53. The third kappa shape index (κ3) is 7.13. The summed E-state index contributed by atoms with van der Waals surface area (Å²) < 4.78 is 5.71. The fourth-order valence-electron chi connectivity index (χ4n) is 2.54. The van der Waals surface area contributed by atoms with Crippen molar-refractivity contribution in [2.45, 2.75) is 46.0 Å². The lowest BCUT2D eigenvalue weighted by atomic mass is 9.87. The molecule has 2 N–H and O–H groups in total. The molecule has 0 saturated heterocycles. The highest BCUT2D eigenvalue weighted by molar-refractivity contribution is 5.92. The van der Waals surface area contributed by atoms with Crippen LogP contribution in [0.15, 0.2) is 48.5 Å². The molecule has 0 aliphatic carbocycles. The molecule has 0 radical (unpaired) electrons. The number of hydrogen-bond acceptors (Lipinski definition) is 3. The summed E-state index contributed by atoms with van der Waals surface area (Å²) in [7, 11) is 0. The van der Waals surface area contributed by atoms with Gasteiger partial charge in [0.15, 0.2) is 0 Å². The smallest absolute Gasteiger partial charge is 0.224 e. The van der Waals surface area contributed by atoms with E-state index in [-0.39, 0.29) is 17.2 Å². The summed E-state index contributed by atoms with van der Waals surface area (Å²) in [4.78, 5) is 23.0. The average molecular weight is 368 g/mol. The molecule has 0 spiro atoms. The first-order chi connectivity index (χ1) is 12.7. The highest BCUT2D eigenvalue weighted by Crippen LogP contribution is 2.24. The van der Waals surface area contributed by atoms with E-state index in [0.29, 0.717) is 30.8 Å². The maximum Gasteiger partial charge on any atom is 0.224 e. The number of amides is 2. The van der Waals surface area contributed by atoms with Crippen LogP contribution in [-0.4, -0.2) is 18.4 Å². The molecule has 0 aliphatic heterocycles. The number of carbonyl (C=O) groups is 2. The van der Waals surface area contributed by atoms with Crippen molar-refractivity contribution < 1.29 is 14.3 Å². The summed E-state index contributed by atoms with van der Waals surface area (Å²) >= 11 is 0. The molecule has 0 aliphatic rings. The third-order valence-electron chi connectivity index (χ3n) is 4.03. The Bertz CT molecular complexity index is 760. The summed E-state index contributed by atoms with van der Waals surface area (Å²) in [6.07, 6.45) is 1.02. The monoisotopic (exact) mass is 368 g/mol. The van der Waals surface area contributed by atoms with E-state index in [9.17, 15) is 9.59 Å². The zero-order valence-corrected chi connectivity index (χ0v) is 16.5. The predicted octanol–water partition coefficient (Wildman–Crippen LogP) is 4.74. The van der Waals surface area contributed by atoms with E-state index in [1.54, 1.807) is 24.3 Å². The Morgan fingerprint density at radius 1 is 0.889 bits per heavy atom. The molecule has 5 heteroatoms. The molecule has 144 valence electrons. The minimum atomic E-state index is -0.125. The molecule has 0 atom stereocenters. The number of benzene rings is 2. The topological polar surface area (TPSA) is 67.4 Å². The van der Waals surface area contributed by atoms with Gasteiger partial charge in [-0.15, -0.1) is 0 Å². The highest BCUT2D eigenvalue weighted by atomic mass is 16.5. The number of anilines is 2. The number of hydrogen-bond donors (Lipinski definition) is 2. The Kier molecular flexibility index (Phi) is 6.99. The highest BCUT2D eigenvalue weighted by Gasteiger charge is 2.13. The first kappa shape index (κ1) is 20.5. The SMILES string of the molecule is CC(=O)Nc1ccc(NC(=O)CCCOc2ccc(C(C)(C)C)cc2)cc1. The molecule has 0 aromatic heterocycles. The Morgan fingerprint density at radius 3 is 1.96 bits per heavy atom. The maximum atomic E-state index is 12.0. The molecule has 5 nitrogen and oxygen atoms in total. The minimum Gasteiger partial charge on any atom is -0.494 e. The molecule has 2 rings (SSSR count). The van der Waals surface area contributed by atoms with Crippen LogP contribution >= 0.6 is 0 Å². The predicted molar refractivity (Wildman–Crippen MR) is 109 cm³/mol. The van der Waals surface area contributed by atoms with Crippen LogP contribution in [0.3, 0.4) is 0 Å². The Morgan fingerprint density at radius 2 is 1.44 bits per heavy atom. The van der Waals surface area contributed by atoms with Crippen molar-refractivity contribution in [2.75, 3.05) is 17.2 Å².